The molecule has 1 aliphatic heterocycles. The lowest BCUT2D eigenvalue weighted by atomic mass is 10.2. The standard InChI is InChI=1S/C18H17BrN4O2S/c1-2-22-9-13(19)7-15(22)18(25)23-11-26-10-16(23)17(24)21-14-5-3-12(8-20)4-6-14/h3-7,9,16H,2,10-11H2,1H3,(H,21,24). The van der Waals surface area contributed by atoms with Crippen molar-refractivity contribution in [3.8, 4) is 6.07 Å². The Morgan fingerprint density at radius 1 is 1.38 bits per heavy atom. The number of carbonyl (C=O) groups is 2. The monoisotopic (exact) mass is 432 g/mol. The van der Waals surface area contributed by atoms with Crippen LogP contribution in [-0.4, -0.2) is 39.0 Å². The molecule has 0 bridgehead atoms. The average Bonchev–Trinajstić information content (AvgIpc) is 3.28. The molecule has 1 atom stereocenters. The van der Waals surface area contributed by atoms with E-state index < -0.39 is 6.04 Å². The highest BCUT2D eigenvalue weighted by molar-refractivity contribution is 9.10. The molecule has 134 valence electrons. The van der Waals surface area contributed by atoms with E-state index in [4.69, 9.17) is 5.26 Å². The number of thioether (sulfide) groups is 1. The van der Waals surface area contributed by atoms with Crippen LogP contribution >= 0.6 is 27.7 Å². The third-order valence-corrected chi connectivity index (χ3v) is 5.60. The van der Waals surface area contributed by atoms with E-state index in [1.165, 1.54) is 0 Å². The van der Waals surface area contributed by atoms with Crippen molar-refractivity contribution < 1.29 is 9.59 Å². The summed E-state index contributed by atoms with van der Waals surface area (Å²) in [5.74, 6) is 0.669. The first-order valence-electron chi connectivity index (χ1n) is 8.09. The van der Waals surface area contributed by atoms with Crippen molar-refractivity contribution in [2.75, 3.05) is 16.9 Å². The molecule has 0 saturated carbocycles. The summed E-state index contributed by atoms with van der Waals surface area (Å²) in [5, 5.41) is 11.7. The minimum Gasteiger partial charge on any atom is -0.343 e. The zero-order chi connectivity index (χ0) is 18.7. The number of hydrogen-bond acceptors (Lipinski definition) is 4. The maximum absolute atomic E-state index is 12.9. The third-order valence-electron chi connectivity index (χ3n) is 4.15. The molecule has 2 aromatic rings. The molecule has 0 radical (unpaired) electrons. The minimum absolute atomic E-state index is 0.150. The number of hydrogen-bond donors (Lipinski definition) is 1. The van der Waals surface area contributed by atoms with Gasteiger partial charge in [0.1, 0.15) is 11.7 Å². The zero-order valence-electron chi connectivity index (χ0n) is 14.1. The van der Waals surface area contributed by atoms with E-state index in [1.807, 2.05) is 23.8 Å². The number of anilines is 1. The minimum atomic E-state index is -0.526. The summed E-state index contributed by atoms with van der Waals surface area (Å²) in [7, 11) is 0. The first kappa shape index (κ1) is 18.5. The fraction of sp³-hybridized carbons (Fsp3) is 0.278. The van der Waals surface area contributed by atoms with Gasteiger partial charge >= 0.3 is 0 Å². The summed E-state index contributed by atoms with van der Waals surface area (Å²) in [4.78, 5) is 27.2. The maximum atomic E-state index is 12.9. The van der Waals surface area contributed by atoms with Gasteiger partial charge in [0, 0.05) is 28.7 Å². The van der Waals surface area contributed by atoms with Crippen LogP contribution in [0.15, 0.2) is 41.0 Å². The SMILES string of the molecule is CCn1cc(Br)cc1C(=O)N1CSCC1C(=O)Nc1ccc(C#N)cc1. The molecule has 26 heavy (non-hydrogen) atoms. The van der Waals surface area contributed by atoms with E-state index in [9.17, 15) is 9.59 Å². The molecular weight excluding hydrogens is 416 g/mol. The number of nitriles is 1. The molecule has 1 N–H and O–H groups in total. The van der Waals surface area contributed by atoms with Gasteiger partial charge in [0.15, 0.2) is 0 Å². The van der Waals surface area contributed by atoms with E-state index in [0.29, 0.717) is 35.1 Å². The number of nitrogens with zero attached hydrogens (tertiary/aromatic N) is 3. The summed E-state index contributed by atoms with van der Waals surface area (Å²) >= 11 is 4.96. The Morgan fingerprint density at radius 2 is 2.12 bits per heavy atom. The van der Waals surface area contributed by atoms with Crippen LogP contribution in [0.25, 0.3) is 0 Å². The highest BCUT2D eigenvalue weighted by atomic mass is 79.9. The van der Waals surface area contributed by atoms with E-state index >= 15 is 0 Å². The number of carbonyl (C=O) groups excluding carboxylic acids is 2. The van der Waals surface area contributed by atoms with Crippen molar-refractivity contribution in [3.05, 3.63) is 52.3 Å². The molecule has 1 aromatic heterocycles. The lowest BCUT2D eigenvalue weighted by Crippen LogP contribution is -2.45. The van der Waals surface area contributed by atoms with E-state index in [-0.39, 0.29) is 11.8 Å². The van der Waals surface area contributed by atoms with Crippen molar-refractivity contribution in [1.82, 2.24) is 9.47 Å². The Balaban J connectivity index is 1.75. The van der Waals surface area contributed by atoms with Gasteiger partial charge in [-0.05, 0) is 53.2 Å². The van der Waals surface area contributed by atoms with Crippen LogP contribution in [0.5, 0.6) is 0 Å². The van der Waals surface area contributed by atoms with Gasteiger partial charge in [0.2, 0.25) is 5.91 Å². The molecule has 8 heteroatoms. The van der Waals surface area contributed by atoms with E-state index in [0.717, 1.165) is 4.47 Å². The zero-order valence-corrected chi connectivity index (χ0v) is 16.5. The molecule has 1 unspecified atom stereocenters. The van der Waals surface area contributed by atoms with Crippen molar-refractivity contribution in [1.29, 1.82) is 5.26 Å². The number of amides is 2. The number of rotatable bonds is 4. The van der Waals surface area contributed by atoms with Crippen LogP contribution in [0.2, 0.25) is 0 Å². The van der Waals surface area contributed by atoms with Gasteiger partial charge < -0.3 is 14.8 Å². The van der Waals surface area contributed by atoms with Gasteiger partial charge in [-0.3, -0.25) is 9.59 Å². The summed E-state index contributed by atoms with van der Waals surface area (Å²) in [5.41, 5.74) is 1.71. The molecule has 1 aromatic carbocycles. The molecule has 2 amide bonds. The molecule has 0 spiro atoms. The second-order valence-corrected chi connectivity index (χ2v) is 7.71. The van der Waals surface area contributed by atoms with Crippen LogP contribution in [0, 0.1) is 11.3 Å². The van der Waals surface area contributed by atoms with Gasteiger partial charge in [-0.1, -0.05) is 0 Å². The van der Waals surface area contributed by atoms with Gasteiger partial charge in [-0.2, -0.15) is 5.26 Å². The quantitative estimate of drug-likeness (QED) is 0.803. The van der Waals surface area contributed by atoms with Crippen LogP contribution in [0.1, 0.15) is 23.0 Å². The fourth-order valence-electron chi connectivity index (χ4n) is 2.78. The molecule has 3 rings (SSSR count). The van der Waals surface area contributed by atoms with Crippen molar-refractivity contribution in [2.45, 2.75) is 19.5 Å². The molecule has 0 aliphatic carbocycles. The van der Waals surface area contributed by atoms with Gasteiger partial charge in [0.25, 0.3) is 5.91 Å². The summed E-state index contributed by atoms with van der Waals surface area (Å²) in [6, 6.07) is 9.96. The van der Waals surface area contributed by atoms with Crippen LogP contribution in [0.3, 0.4) is 0 Å². The van der Waals surface area contributed by atoms with Crippen molar-refractivity contribution >= 4 is 45.2 Å². The predicted molar refractivity (Wildman–Crippen MR) is 105 cm³/mol. The van der Waals surface area contributed by atoms with Gasteiger partial charge in [-0.25, -0.2) is 0 Å². The third kappa shape index (κ3) is 3.79. The van der Waals surface area contributed by atoms with Crippen molar-refractivity contribution in [3.63, 3.8) is 0 Å². The number of nitrogens with one attached hydrogen (secondary N) is 1. The second-order valence-electron chi connectivity index (χ2n) is 5.80. The number of benzene rings is 1. The highest BCUT2D eigenvalue weighted by Crippen LogP contribution is 2.26. The maximum Gasteiger partial charge on any atom is 0.271 e. The predicted octanol–water partition coefficient (Wildman–Crippen LogP) is 3.30. The Labute approximate surface area is 164 Å². The Hall–Kier alpha value is -2.24. The molecule has 6 nitrogen and oxygen atoms in total. The summed E-state index contributed by atoms with van der Waals surface area (Å²) in [6.45, 7) is 2.65. The van der Waals surface area contributed by atoms with Gasteiger partial charge in [0.05, 0.1) is 17.5 Å². The average molecular weight is 433 g/mol. The first-order valence-corrected chi connectivity index (χ1v) is 10.0. The number of halogens is 1. The molecular formula is C18H17BrN4O2S. The smallest absolute Gasteiger partial charge is 0.271 e. The first-order chi connectivity index (χ1) is 12.5. The summed E-state index contributed by atoms with van der Waals surface area (Å²) < 4.78 is 2.71. The number of aryl methyl sites for hydroxylation is 1. The lowest BCUT2D eigenvalue weighted by molar-refractivity contribution is -0.119. The molecule has 2 heterocycles. The normalized spacial score (nSPS) is 16.3. The van der Waals surface area contributed by atoms with Crippen molar-refractivity contribution in [2.24, 2.45) is 0 Å². The van der Waals surface area contributed by atoms with Gasteiger partial charge in [-0.15, -0.1) is 11.8 Å². The van der Waals surface area contributed by atoms with Crippen LogP contribution in [0.4, 0.5) is 5.69 Å². The van der Waals surface area contributed by atoms with E-state index in [2.05, 4.69) is 21.2 Å². The lowest BCUT2D eigenvalue weighted by Gasteiger charge is -2.23. The highest BCUT2D eigenvalue weighted by Gasteiger charge is 2.36. The number of aromatic nitrogens is 1. The largest absolute Gasteiger partial charge is 0.343 e. The summed E-state index contributed by atoms with van der Waals surface area (Å²) in [6.07, 6.45) is 1.86. The van der Waals surface area contributed by atoms with E-state index in [1.54, 1.807) is 47.0 Å². The Morgan fingerprint density at radius 3 is 2.77 bits per heavy atom. The molecule has 1 fully saturated rings. The topological polar surface area (TPSA) is 78.1 Å². The van der Waals surface area contributed by atoms with Crippen LogP contribution < -0.4 is 5.32 Å². The van der Waals surface area contributed by atoms with Crippen LogP contribution in [-0.2, 0) is 11.3 Å². The molecule has 1 aliphatic rings. The Kier molecular flexibility index (Phi) is 5.69. The Bertz CT molecular complexity index is 872. The fourth-order valence-corrected chi connectivity index (χ4v) is 4.39. The molecule has 1 saturated heterocycles. The second kappa shape index (κ2) is 7.98.